The summed E-state index contributed by atoms with van der Waals surface area (Å²) in [4.78, 5) is 12.2. The molecule has 8 heteroatoms. The standard InChI is InChI=1S/C23H19F2N5O/c1-23(31,18-4-3-5-19(24)21(18)25)15-7-20(26-10-15)17-11-28-22-16(17)6-13(8-27-22)14-9-29-30(2)12-14/h3-9,11-12,31H,10H2,1-2H3,(H,27,28). The molecule has 1 unspecified atom stereocenters. The number of benzene rings is 1. The van der Waals surface area contributed by atoms with Crippen LogP contribution in [0.1, 0.15) is 18.1 Å². The average molecular weight is 419 g/mol. The molecule has 0 aliphatic carbocycles. The van der Waals surface area contributed by atoms with E-state index in [0.29, 0.717) is 16.9 Å². The number of fused-ring (bicyclic) bond motifs is 1. The average Bonchev–Trinajstić information content (AvgIpc) is 3.48. The molecule has 4 aromatic rings. The Balaban J connectivity index is 1.53. The van der Waals surface area contributed by atoms with E-state index in [1.807, 2.05) is 19.3 Å². The van der Waals surface area contributed by atoms with Crippen molar-refractivity contribution in [3.05, 3.63) is 83.5 Å². The van der Waals surface area contributed by atoms with E-state index in [2.05, 4.69) is 20.1 Å². The van der Waals surface area contributed by atoms with Gasteiger partial charge in [0.25, 0.3) is 0 Å². The lowest BCUT2D eigenvalue weighted by molar-refractivity contribution is 0.0917. The molecule has 0 saturated carbocycles. The number of aliphatic imine (C=N–C) groups is 1. The van der Waals surface area contributed by atoms with E-state index in [9.17, 15) is 13.9 Å². The molecule has 31 heavy (non-hydrogen) atoms. The Morgan fingerprint density at radius 3 is 2.81 bits per heavy atom. The quantitative estimate of drug-likeness (QED) is 0.527. The van der Waals surface area contributed by atoms with Crippen LogP contribution in [0.3, 0.4) is 0 Å². The normalized spacial score (nSPS) is 15.8. The van der Waals surface area contributed by atoms with Gasteiger partial charge in [-0.25, -0.2) is 13.8 Å². The molecule has 0 bridgehead atoms. The fourth-order valence-electron chi connectivity index (χ4n) is 3.88. The van der Waals surface area contributed by atoms with Gasteiger partial charge in [-0.1, -0.05) is 12.1 Å². The van der Waals surface area contributed by atoms with Crippen molar-refractivity contribution in [2.45, 2.75) is 12.5 Å². The molecule has 5 rings (SSSR count). The van der Waals surface area contributed by atoms with Crippen molar-refractivity contribution in [1.29, 1.82) is 0 Å². The Hall–Kier alpha value is -3.65. The van der Waals surface area contributed by atoms with Gasteiger partial charge in [0, 0.05) is 53.3 Å². The third-order valence-corrected chi connectivity index (χ3v) is 5.68. The van der Waals surface area contributed by atoms with Crippen LogP contribution in [-0.4, -0.2) is 37.1 Å². The number of allylic oxidation sites excluding steroid dienone is 1. The van der Waals surface area contributed by atoms with Crippen molar-refractivity contribution in [1.82, 2.24) is 19.7 Å². The van der Waals surface area contributed by atoms with Gasteiger partial charge in [0.1, 0.15) is 11.2 Å². The highest BCUT2D eigenvalue weighted by Crippen LogP contribution is 2.35. The summed E-state index contributed by atoms with van der Waals surface area (Å²) in [5, 5.41) is 16.1. The Morgan fingerprint density at radius 2 is 2.03 bits per heavy atom. The first-order valence-corrected chi connectivity index (χ1v) is 9.73. The molecular formula is C23H19F2N5O. The number of halogens is 2. The van der Waals surface area contributed by atoms with Gasteiger partial charge in [-0.2, -0.15) is 5.10 Å². The van der Waals surface area contributed by atoms with Crippen LogP contribution in [0, 0.1) is 11.6 Å². The number of aryl methyl sites for hydroxylation is 1. The summed E-state index contributed by atoms with van der Waals surface area (Å²) in [5.41, 5.74) is 2.70. The second-order valence-electron chi connectivity index (χ2n) is 7.77. The number of pyridine rings is 1. The first-order chi connectivity index (χ1) is 14.8. The van der Waals surface area contributed by atoms with Gasteiger partial charge < -0.3 is 10.1 Å². The highest BCUT2D eigenvalue weighted by atomic mass is 19.2. The van der Waals surface area contributed by atoms with Gasteiger partial charge >= 0.3 is 0 Å². The third kappa shape index (κ3) is 3.16. The van der Waals surface area contributed by atoms with Gasteiger partial charge in [-0.15, -0.1) is 0 Å². The number of aromatic nitrogens is 4. The molecule has 0 saturated heterocycles. The second-order valence-corrected chi connectivity index (χ2v) is 7.77. The Bertz CT molecular complexity index is 1380. The molecule has 0 amide bonds. The number of nitrogens with one attached hydrogen (secondary N) is 1. The van der Waals surface area contributed by atoms with Gasteiger partial charge in [-0.3, -0.25) is 9.67 Å². The fraction of sp³-hybridized carbons (Fsp3) is 0.174. The summed E-state index contributed by atoms with van der Waals surface area (Å²) in [6.07, 6.45) is 8.98. The predicted octanol–water partition coefficient (Wildman–Crippen LogP) is 3.88. The topological polar surface area (TPSA) is 79.1 Å². The number of aromatic amines is 1. The van der Waals surface area contributed by atoms with Crippen LogP contribution in [0.2, 0.25) is 0 Å². The fourth-order valence-corrected chi connectivity index (χ4v) is 3.88. The summed E-state index contributed by atoms with van der Waals surface area (Å²) in [5.74, 6) is -2.05. The maximum absolute atomic E-state index is 14.3. The van der Waals surface area contributed by atoms with E-state index in [0.717, 1.165) is 28.1 Å². The summed E-state index contributed by atoms with van der Waals surface area (Å²) >= 11 is 0. The van der Waals surface area contributed by atoms with Gasteiger partial charge in [0.15, 0.2) is 11.6 Å². The number of H-pyrrole nitrogens is 1. The van der Waals surface area contributed by atoms with E-state index >= 15 is 0 Å². The number of hydrogen-bond donors (Lipinski definition) is 2. The smallest absolute Gasteiger partial charge is 0.165 e. The zero-order valence-electron chi connectivity index (χ0n) is 16.9. The summed E-state index contributed by atoms with van der Waals surface area (Å²) in [6, 6.07) is 5.79. The van der Waals surface area contributed by atoms with Gasteiger partial charge in [0.2, 0.25) is 0 Å². The summed E-state index contributed by atoms with van der Waals surface area (Å²) in [7, 11) is 1.85. The molecule has 1 aromatic carbocycles. The maximum atomic E-state index is 14.3. The van der Waals surface area contributed by atoms with Crippen LogP contribution in [0.5, 0.6) is 0 Å². The van der Waals surface area contributed by atoms with Gasteiger partial charge in [0.05, 0.1) is 18.5 Å². The molecule has 1 atom stereocenters. The van der Waals surface area contributed by atoms with Crippen molar-refractivity contribution in [3.63, 3.8) is 0 Å². The van der Waals surface area contributed by atoms with E-state index in [4.69, 9.17) is 0 Å². The molecule has 3 aromatic heterocycles. The molecule has 0 radical (unpaired) electrons. The maximum Gasteiger partial charge on any atom is 0.165 e. The van der Waals surface area contributed by atoms with Crippen LogP contribution >= 0.6 is 0 Å². The monoisotopic (exact) mass is 419 g/mol. The van der Waals surface area contributed by atoms with Crippen LogP contribution in [0.4, 0.5) is 8.78 Å². The van der Waals surface area contributed by atoms with E-state index < -0.39 is 17.2 Å². The molecule has 1 aliphatic rings. The van der Waals surface area contributed by atoms with E-state index in [-0.39, 0.29) is 12.1 Å². The van der Waals surface area contributed by atoms with Crippen molar-refractivity contribution in [2.75, 3.05) is 6.54 Å². The summed E-state index contributed by atoms with van der Waals surface area (Å²) in [6.45, 7) is 1.63. The Labute approximate surface area is 176 Å². The molecule has 156 valence electrons. The van der Waals surface area contributed by atoms with Crippen LogP contribution < -0.4 is 0 Å². The van der Waals surface area contributed by atoms with Crippen molar-refractivity contribution in [3.8, 4) is 11.1 Å². The highest BCUT2D eigenvalue weighted by molar-refractivity contribution is 6.17. The first-order valence-electron chi connectivity index (χ1n) is 9.73. The van der Waals surface area contributed by atoms with Crippen molar-refractivity contribution in [2.24, 2.45) is 12.0 Å². The first kappa shape index (κ1) is 19.3. The minimum absolute atomic E-state index is 0.116. The van der Waals surface area contributed by atoms with Gasteiger partial charge in [-0.05, 0) is 30.7 Å². The molecular weight excluding hydrogens is 400 g/mol. The van der Waals surface area contributed by atoms with Crippen LogP contribution in [0.15, 0.2) is 65.7 Å². The predicted molar refractivity (Wildman–Crippen MR) is 114 cm³/mol. The van der Waals surface area contributed by atoms with Crippen molar-refractivity contribution < 1.29 is 13.9 Å². The SMILES string of the molecule is Cn1cc(-c2cnc3[nH]cc(C4=NCC(C(C)(O)c5cccc(F)c5F)=C4)c3c2)cn1. The second kappa shape index (κ2) is 6.95. The lowest BCUT2D eigenvalue weighted by Gasteiger charge is -2.25. The van der Waals surface area contributed by atoms with E-state index in [1.54, 1.807) is 29.3 Å². The minimum Gasteiger partial charge on any atom is -0.381 e. The molecule has 6 nitrogen and oxygen atoms in total. The number of hydrogen-bond acceptors (Lipinski definition) is 4. The minimum atomic E-state index is -1.69. The van der Waals surface area contributed by atoms with E-state index in [1.165, 1.54) is 19.1 Å². The molecule has 0 fully saturated rings. The molecule has 1 aliphatic heterocycles. The largest absolute Gasteiger partial charge is 0.381 e. The third-order valence-electron chi connectivity index (χ3n) is 5.68. The number of rotatable bonds is 4. The Kier molecular flexibility index (Phi) is 4.33. The lowest BCUT2D eigenvalue weighted by atomic mass is 9.87. The van der Waals surface area contributed by atoms with Crippen molar-refractivity contribution >= 4 is 16.7 Å². The summed E-state index contributed by atoms with van der Waals surface area (Å²) < 4.78 is 29.7. The molecule has 2 N–H and O–H groups in total. The zero-order chi connectivity index (χ0) is 21.8. The van der Waals surface area contributed by atoms with Crippen LogP contribution in [-0.2, 0) is 12.6 Å². The zero-order valence-corrected chi connectivity index (χ0v) is 16.9. The van der Waals surface area contributed by atoms with Crippen LogP contribution in [0.25, 0.3) is 22.2 Å². The lowest BCUT2D eigenvalue weighted by Crippen LogP contribution is -2.27. The Morgan fingerprint density at radius 1 is 1.19 bits per heavy atom. The number of aliphatic hydroxyl groups is 1. The molecule has 4 heterocycles. The molecule has 0 spiro atoms. The number of nitrogens with zero attached hydrogens (tertiary/aromatic N) is 4. The highest BCUT2D eigenvalue weighted by Gasteiger charge is 2.34.